The third kappa shape index (κ3) is 3.66. The second-order valence-electron chi connectivity index (χ2n) is 3.69. The second-order valence-corrected chi connectivity index (χ2v) is 4.48. The van der Waals surface area contributed by atoms with Crippen molar-refractivity contribution in [3.63, 3.8) is 0 Å². The summed E-state index contributed by atoms with van der Waals surface area (Å²) in [7, 11) is 0. The largest absolute Gasteiger partial charge is 0.457 e. The van der Waals surface area contributed by atoms with Crippen molar-refractivity contribution in [2.24, 2.45) is 0 Å². The molecule has 0 saturated carbocycles. The molecule has 98 valence electrons. The fourth-order valence-electron chi connectivity index (χ4n) is 1.37. The summed E-state index contributed by atoms with van der Waals surface area (Å²) in [5.41, 5.74) is 0.806. The number of aromatic nitrogens is 1. The Bertz CT molecular complexity index is 602. The standard InChI is InChI=1S/C13H8Cl2FNO2/c14-11-5-9(16)2-3-10(11)13(18)19-7-8-1-4-12(15)17-6-8/h1-6H,7H2. The van der Waals surface area contributed by atoms with Gasteiger partial charge < -0.3 is 4.74 Å². The molecule has 0 spiro atoms. The Labute approximate surface area is 118 Å². The molecule has 0 aliphatic heterocycles. The smallest absolute Gasteiger partial charge is 0.339 e. The normalized spacial score (nSPS) is 10.3. The summed E-state index contributed by atoms with van der Waals surface area (Å²) in [5.74, 6) is -1.14. The molecule has 0 fully saturated rings. The van der Waals surface area contributed by atoms with Gasteiger partial charge in [0, 0.05) is 11.8 Å². The topological polar surface area (TPSA) is 39.2 Å². The van der Waals surface area contributed by atoms with Crippen molar-refractivity contribution in [2.75, 3.05) is 0 Å². The van der Waals surface area contributed by atoms with E-state index in [1.807, 2.05) is 0 Å². The average molecular weight is 300 g/mol. The third-order valence-corrected chi connectivity index (χ3v) is 2.85. The van der Waals surface area contributed by atoms with Crippen LogP contribution in [0, 0.1) is 5.82 Å². The van der Waals surface area contributed by atoms with Crippen LogP contribution in [0.4, 0.5) is 4.39 Å². The molecule has 2 aromatic rings. The van der Waals surface area contributed by atoms with E-state index in [9.17, 15) is 9.18 Å². The molecular formula is C13H8Cl2FNO2. The highest BCUT2D eigenvalue weighted by molar-refractivity contribution is 6.33. The molecule has 19 heavy (non-hydrogen) atoms. The number of halogens is 3. The zero-order valence-electron chi connectivity index (χ0n) is 9.57. The molecule has 0 aliphatic carbocycles. The maximum Gasteiger partial charge on any atom is 0.339 e. The molecule has 0 atom stereocenters. The summed E-state index contributed by atoms with van der Waals surface area (Å²) in [6, 6.07) is 6.76. The predicted molar refractivity (Wildman–Crippen MR) is 69.8 cm³/mol. The van der Waals surface area contributed by atoms with Crippen molar-refractivity contribution < 1.29 is 13.9 Å². The van der Waals surface area contributed by atoms with Gasteiger partial charge in [0.05, 0.1) is 10.6 Å². The van der Waals surface area contributed by atoms with Gasteiger partial charge in [-0.2, -0.15) is 0 Å². The zero-order chi connectivity index (χ0) is 13.8. The molecule has 0 N–H and O–H groups in total. The van der Waals surface area contributed by atoms with Crippen molar-refractivity contribution in [2.45, 2.75) is 6.61 Å². The van der Waals surface area contributed by atoms with Crippen LogP contribution in [0.15, 0.2) is 36.5 Å². The molecule has 1 aromatic heterocycles. The van der Waals surface area contributed by atoms with Gasteiger partial charge in [-0.3, -0.25) is 0 Å². The predicted octanol–water partition coefficient (Wildman–Crippen LogP) is 3.88. The first-order chi connectivity index (χ1) is 9.06. The van der Waals surface area contributed by atoms with E-state index in [0.29, 0.717) is 10.7 Å². The molecule has 0 radical (unpaired) electrons. The fourth-order valence-corrected chi connectivity index (χ4v) is 1.73. The number of hydrogen-bond acceptors (Lipinski definition) is 3. The van der Waals surface area contributed by atoms with Crippen LogP contribution in [0.2, 0.25) is 10.2 Å². The third-order valence-electron chi connectivity index (χ3n) is 2.31. The minimum atomic E-state index is -0.625. The van der Waals surface area contributed by atoms with Crippen molar-refractivity contribution in [3.05, 3.63) is 63.6 Å². The number of nitrogens with zero attached hydrogens (tertiary/aromatic N) is 1. The van der Waals surface area contributed by atoms with Crippen LogP contribution in [0.3, 0.4) is 0 Å². The highest BCUT2D eigenvalue weighted by Gasteiger charge is 2.12. The van der Waals surface area contributed by atoms with Crippen LogP contribution in [-0.2, 0) is 11.3 Å². The number of ether oxygens (including phenoxy) is 1. The van der Waals surface area contributed by atoms with E-state index < -0.39 is 11.8 Å². The quantitative estimate of drug-likeness (QED) is 0.638. The molecule has 2 rings (SSSR count). The highest BCUT2D eigenvalue weighted by atomic mass is 35.5. The Kier molecular flexibility index (Phi) is 4.35. The molecule has 6 heteroatoms. The lowest BCUT2D eigenvalue weighted by Crippen LogP contribution is -2.06. The van der Waals surface area contributed by atoms with Crippen molar-refractivity contribution >= 4 is 29.2 Å². The summed E-state index contributed by atoms with van der Waals surface area (Å²) in [5, 5.41) is 0.371. The monoisotopic (exact) mass is 299 g/mol. The maximum atomic E-state index is 12.8. The van der Waals surface area contributed by atoms with Gasteiger partial charge in [-0.05, 0) is 24.3 Å². The molecule has 0 unspecified atom stereocenters. The van der Waals surface area contributed by atoms with E-state index in [4.69, 9.17) is 27.9 Å². The number of pyridine rings is 1. The van der Waals surface area contributed by atoms with Crippen LogP contribution in [0.25, 0.3) is 0 Å². The number of esters is 1. The lowest BCUT2D eigenvalue weighted by Gasteiger charge is -2.06. The molecule has 0 saturated heterocycles. The highest BCUT2D eigenvalue weighted by Crippen LogP contribution is 2.18. The van der Waals surface area contributed by atoms with Crippen LogP contribution in [0.5, 0.6) is 0 Å². The lowest BCUT2D eigenvalue weighted by atomic mass is 10.2. The number of rotatable bonds is 3. The Morgan fingerprint density at radius 3 is 2.68 bits per heavy atom. The van der Waals surface area contributed by atoms with Crippen LogP contribution >= 0.6 is 23.2 Å². The number of hydrogen-bond donors (Lipinski definition) is 0. The summed E-state index contributed by atoms with van der Waals surface area (Å²) in [4.78, 5) is 15.6. The summed E-state index contributed by atoms with van der Waals surface area (Å²) in [6.07, 6.45) is 1.50. The molecule has 1 aromatic carbocycles. The van der Waals surface area contributed by atoms with Crippen LogP contribution in [-0.4, -0.2) is 11.0 Å². The van der Waals surface area contributed by atoms with Crippen molar-refractivity contribution in [3.8, 4) is 0 Å². The summed E-state index contributed by atoms with van der Waals surface area (Å²) in [6.45, 7) is 0.0384. The molecule has 0 aliphatic rings. The zero-order valence-corrected chi connectivity index (χ0v) is 11.1. The summed E-state index contributed by atoms with van der Waals surface area (Å²) >= 11 is 11.4. The second kappa shape index (κ2) is 5.99. The van der Waals surface area contributed by atoms with E-state index in [1.165, 1.54) is 12.3 Å². The maximum absolute atomic E-state index is 12.8. The Hall–Kier alpha value is -1.65. The van der Waals surface area contributed by atoms with E-state index >= 15 is 0 Å². The number of carbonyl (C=O) groups is 1. The molecule has 0 amide bonds. The average Bonchev–Trinajstić information content (AvgIpc) is 2.37. The Morgan fingerprint density at radius 2 is 2.05 bits per heavy atom. The van der Waals surface area contributed by atoms with Gasteiger partial charge in [0.2, 0.25) is 0 Å². The van der Waals surface area contributed by atoms with Crippen molar-refractivity contribution in [1.82, 2.24) is 4.98 Å². The minimum Gasteiger partial charge on any atom is -0.457 e. The minimum absolute atomic E-state index is 0.0132. The van der Waals surface area contributed by atoms with E-state index in [-0.39, 0.29) is 17.2 Å². The van der Waals surface area contributed by atoms with Gasteiger partial charge in [-0.1, -0.05) is 29.3 Å². The Morgan fingerprint density at radius 1 is 1.26 bits per heavy atom. The van der Waals surface area contributed by atoms with Crippen LogP contribution in [0.1, 0.15) is 15.9 Å². The van der Waals surface area contributed by atoms with Gasteiger partial charge in [0.25, 0.3) is 0 Å². The van der Waals surface area contributed by atoms with Crippen molar-refractivity contribution in [1.29, 1.82) is 0 Å². The molecule has 0 bridgehead atoms. The lowest BCUT2D eigenvalue weighted by molar-refractivity contribution is 0.0472. The van der Waals surface area contributed by atoms with E-state index in [2.05, 4.69) is 4.98 Å². The van der Waals surface area contributed by atoms with Gasteiger partial charge >= 0.3 is 5.97 Å². The SMILES string of the molecule is O=C(OCc1ccc(Cl)nc1)c1ccc(F)cc1Cl. The van der Waals surface area contributed by atoms with E-state index in [0.717, 1.165) is 12.1 Å². The Balaban J connectivity index is 2.03. The van der Waals surface area contributed by atoms with Gasteiger partial charge in [0.1, 0.15) is 17.6 Å². The molecular weight excluding hydrogens is 292 g/mol. The first-order valence-corrected chi connectivity index (χ1v) is 6.04. The van der Waals surface area contributed by atoms with Gasteiger partial charge in [0.15, 0.2) is 0 Å². The first-order valence-electron chi connectivity index (χ1n) is 5.29. The van der Waals surface area contributed by atoms with Crippen LogP contribution < -0.4 is 0 Å². The van der Waals surface area contributed by atoms with Gasteiger partial charge in [-0.25, -0.2) is 14.2 Å². The number of benzene rings is 1. The van der Waals surface area contributed by atoms with E-state index in [1.54, 1.807) is 12.1 Å². The first kappa shape index (κ1) is 13.8. The molecule has 1 heterocycles. The van der Waals surface area contributed by atoms with Gasteiger partial charge in [-0.15, -0.1) is 0 Å². The summed E-state index contributed by atoms with van der Waals surface area (Å²) < 4.78 is 17.9. The fraction of sp³-hybridized carbons (Fsp3) is 0.0769. The molecule has 3 nitrogen and oxygen atoms in total. The number of carbonyl (C=O) groups excluding carboxylic acids is 1.